The van der Waals surface area contributed by atoms with E-state index in [0.717, 1.165) is 16.0 Å². The lowest BCUT2D eigenvalue weighted by atomic mass is 9.87. The first kappa shape index (κ1) is 14.2. The van der Waals surface area contributed by atoms with Gasteiger partial charge in [-0.05, 0) is 38.8 Å². The topological polar surface area (TPSA) is 66.5 Å². The van der Waals surface area contributed by atoms with Crippen LogP contribution in [0.2, 0.25) is 0 Å². The fraction of sp³-hybridized carbons (Fsp3) is 0.400. The lowest BCUT2D eigenvalue weighted by Gasteiger charge is -2.38. The average Bonchev–Trinajstić information content (AvgIpc) is 2.37. The molecule has 0 bridgehead atoms. The van der Waals surface area contributed by atoms with Crippen LogP contribution in [0, 0.1) is 12.3 Å². The molecule has 1 N–H and O–H groups in total. The SMILES string of the molecule is Cc1ccccc1C(C)N1C(=O)NC(=O)C(C)(C)C1=O. The summed E-state index contributed by atoms with van der Waals surface area (Å²) in [6.07, 6.45) is 0. The van der Waals surface area contributed by atoms with Gasteiger partial charge >= 0.3 is 6.03 Å². The summed E-state index contributed by atoms with van der Waals surface area (Å²) in [4.78, 5) is 37.3. The summed E-state index contributed by atoms with van der Waals surface area (Å²) in [6.45, 7) is 6.75. The van der Waals surface area contributed by atoms with Crippen LogP contribution in [0.15, 0.2) is 24.3 Å². The fourth-order valence-corrected chi connectivity index (χ4v) is 2.35. The zero-order valence-electron chi connectivity index (χ0n) is 12.1. The number of benzene rings is 1. The number of aryl methyl sites for hydroxylation is 1. The molecule has 1 aliphatic heterocycles. The Hall–Kier alpha value is -2.17. The maximum absolute atomic E-state index is 12.4. The van der Waals surface area contributed by atoms with Crippen molar-refractivity contribution in [2.75, 3.05) is 0 Å². The minimum atomic E-state index is -1.23. The highest BCUT2D eigenvalue weighted by Crippen LogP contribution is 2.31. The summed E-state index contributed by atoms with van der Waals surface area (Å²) in [5.41, 5.74) is 0.654. The molecule has 1 aliphatic rings. The van der Waals surface area contributed by atoms with Crippen molar-refractivity contribution in [2.24, 2.45) is 5.41 Å². The fourth-order valence-electron chi connectivity index (χ4n) is 2.35. The molecule has 5 nitrogen and oxygen atoms in total. The summed E-state index contributed by atoms with van der Waals surface area (Å²) >= 11 is 0. The van der Waals surface area contributed by atoms with Gasteiger partial charge in [-0.2, -0.15) is 0 Å². The highest BCUT2D eigenvalue weighted by Gasteiger charge is 2.48. The molecule has 20 heavy (non-hydrogen) atoms. The number of amides is 4. The van der Waals surface area contributed by atoms with E-state index in [2.05, 4.69) is 5.32 Å². The largest absolute Gasteiger partial charge is 0.331 e. The number of rotatable bonds is 2. The van der Waals surface area contributed by atoms with Crippen LogP contribution in [0.5, 0.6) is 0 Å². The van der Waals surface area contributed by atoms with Gasteiger partial charge in [0.2, 0.25) is 11.8 Å². The third-order valence-electron chi connectivity index (χ3n) is 3.79. The number of carbonyl (C=O) groups excluding carboxylic acids is 3. The van der Waals surface area contributed by atoms with E-state index < -0.39 is 29.3 Å². The van der Waals surface area contributed by atoms with Gasteiger partial charge in [0.05, 0.1) is 6.04 Å². The molecular formula is C15H18N2O3. The van der Waals surface area contributed by atoms with Crippen molar-refractivity contribution >= 4 is 17.8 Å². The monoisotopic (exact) mass is 274 g/mol. The Bertz CT molecular complexity index is 593. The highest BCUT2D eigenvalue weighted by molar-refractivity contribution is 6.18. The van der Waals surface area contributed by atoms with Crippen LogP contribution in [0.4, 0.5) is 4.79 Å². The van der Waals surface area contributed by atoms with Gasteiger partial charge < -0.3 is 0 Å². The molecule has 0 spiro atoms. The van der Waals surface area contributed by atoms with E-state index >= 15 is 0 Å². The maximum Gasteiger partial charge on any atom is 0.331 e. The van der Waals surface area contributed by atoms with Crippen molar-refractivity contribution in [3.63, 3.8) is 0 Å². The van der Waals surface area contributed by atoms with E-state index in [1.165, 1.54) is 13.8 Å². The summed E-state index contributed by atoms with van der Waals surface area (Å²) in [5, 5.41) is 2.25. The number of carbonyl (C=O) groups is 3. The molecule has 1 fully saturated rings. The van der Waals surface area contributed by atoms with Crippen molar-refractivity contribution in [3.8, 4) is 0 Å². The maximum atomic E-state index is 12.4. The molecule has 1 aromatic rings. The summed E-state index contributed by atoms with van der Waals surface area (Å²) < 4.78 is 0. The van der Waals surface area contributed by atoms with Crippen LogP contribution in [0.1, 0.15) is 37.9 Å². The number of nitrogens with zero attached hydrogens (tertiary/aromatic N) is 1. The molecule has 1 atom stereocenters. The lowest BCUT2D eigenvalue weighted by molar-refractivity contribution is -0.150. The Kier molecular flexibility index (Phi) is 3.38. The minimum Gasteiger partial charge on any atom is -0.277 e. The van der Waals surface area contributed by atoms with Crippen molar-refractivity contribution in [3.05, 3.63) is 35.4 Å². The predicted octanol–water partition coefficient (Wildman–Crippen LogP) is 2.16. The van der Waals surface area contributed by atoms with Gasteiger partial charge in [0, 0.05) is 0 Å². The number of barbiturate groups is 1. The van der Waals surface area contributed by atoms with Crippen LogP contribution in [-0.2, 0) is 9.59 Å². The number of hydrogen-bond acceptors (Lipinski definition) is 3. The number of nitrogens with one attached hydrogen (secondary N) is 1. The molecule has 0 aromatic heterocycles. The van der Waals surface area contributed by atoms with Gasteiger partial charge in [-0.1, -0.05) is 24.3 Å². The molecule has 4 amide bonds. The Labute approximate surface area is 118 Å². The molecule has 0 saturated carbocycles. The normalized spacial score (nSPS) is 19.8. The number of urea groups is 1. The van der Waals surface area contributed by atoms with E-state index in [9.17, 15) is 14.4 Å². The second kappa shape index (κ2) is 4.74. The second-order valence-electron chi connectivity index (χ2n) is 5.59. The van der Waals surface area contributed by atoms with E-state index in [4.69, 9.17) is 0 Å². The molecule has 0 aliphatic carbocycles. The average molecular weight is 274 g/mol. The molecule has 1 aromatic carbocycles. The van der Waals surface area contributed by atoms with E-state index in [1.807, 2.05) is 31.2 Å². The molecule has 1 heterocycles. The van der Waals surface area contributed by atoms with Gasteiger partial charge in [0.1, 0.15) is 5.41 Å². The van der Waals surface area contributed by atoms with Crippen molar-refractivity contribution < 1.29 is 14.4 Å². The van der Waals surface area contributed by atoms with E-state index in [1.54, 1.807) is 6.92 Å². The molecule has 106 valence electrons. The Morgan fingerprint density at radius 2 is 1.75 bits per heavy atom. The van der Waals surface area contributed by atoms with Crippen LogP contribution < -0.4 is 5.32 Å². The van der Waals surface area contributed by atoms with Gasteiger partial charge in [0.15, 0.2) is 0 Å². The second-order valence-corrected chi connectivity index (χ2v) is 5.59. The Morgan fingerprint density at radius 3 is 2.35 bits per heavy atom. The summed E-state index contributed by atoms with van der Waals surface area (Å²) in [6, 6.07) is 6.49. The zero-order valence-corrected chi connectivity index (χ0v) is 12.1. The molecule has 1 saturated heterocycles. The first-order chi connectivity index (χ1) is 9.26. The first-order valence-electron chi connectivity index (χ1n) is 6.51. The van der Waals surface area contributed by atoms with Crippen molar-refractivity contribution in [1.29, 1.82) is 0 Å². The number of imide groups is 2. The summed E-state index contributed by atoms with van der Waals surface area (Å²) in [5.74, 6) is -1.03. The quantitative estimate of drug-likeness (QED) is 0.840. The molecule has 1 unspecified atom stereocenters. The van der Waals surface area contributed by atoms with Crippen LogP contribution >= 0.6 is 0 Å². The standard InChI is InChI=1S/C15H18N2O3/c1-9-7-5-6-8-11(9)10(2)17-13(19)15(3,4)12(18)16-14(17)20/h5-8,10H,1-4H3,(H,16,18,20). The molecule has 0 radical (unpaired) electrons. The smallest absolute Gasteiger partial charge is 0.277 e. The van der Waals surface area contributed by atoms with E-state index in [-0.39, 0.29) is 0 Å². The van der Waals surface area contributed by atoms with Gasteiger partial charge in [-0.3, -0.25) is 19.8 Å². The third-order valence-corrected chi connectivity index (χ3v) is 3.79. The zero-order chi connectivity index (χ0) is 15.1. The molecule has 2 rings (SSSR count). The Morgan fingerprint density at radius 1 is 1.15 bits per heavy atom. The molecule has 5 heteroatoms. The predicted molar refractivity (Wildman–Crippen MR) is 73.8 cm³/mol. The van der Waals surface area contributed by atoms with Gasteiger partial charge in [0.25, 0.3) is 0 Å². The Balaban J connectivity index is 2.41. The van der Waals surface area contributed by atoms with Crippen molar-refractivity contribution in [1.82, 2.24) is 10.2 Å². The minimum absolute atomic E-state index is 0.420. The third kappa shape index (κ3) is 2.09. The van der Waals surface area contributed by atoms with Crippen molar-refractivity contribution in [2.45, 2.75) is 33.7 Å². The lowest BCUT2D eigenvalue weighted by Crippen LogP contribution is -2.62. The first-order valence-corrected chi connectivity index (χ1v) is 6.51. The highest BCUT2D eigenvalue weighted by atomic mass is 16.2. The number of hydrogen-bond donors (Lipinski definition) is 1. The van der Waals surface area contributed by atoms with Gasteiger partial charge in [-0.25, -0.2) is 4.79 Å². The van der Waals surface area contributed by atoms with Gasteiger partial charge in [-0.15, -0.1) is 0 Å². The van der Waals surface area contributed by atoms with Crippen LogP contribution in [0.25, 0.3) is 0 Å². The van der Waals surface area contributed by atoms with Crippen LogP contribution in [-0.4, -0.2) is 22.7 Å². The van der Waals surface area contributed by atoms with Crippen LogP contribution in [0.3, 0.4) is 0 Å². The molecular weight excluding hydrogens is 256 g/mol. The summed E-state index contributed by atoms with van der Waals surface area (Å²) in [7, 11) is 0. The van der Waals surface area contributed by atoms with E-state index in [0.29, 0.717) is 0 Å².